The topological polar surface area (TPSA) is 56.2 Å². The minimum absolute atomic E-state index is 0.568. The van der Waals surface area contributed by atoms with Gasteiger partial charge in [-0.1, -0.05) is 13.8 Å². The van der Waals surface area contributed by atoms with Gasteiger partial charge < -0.3 is 5.73 Å². The van der Waals surface area contributed by atoms with Gasteiger partial charge in [-0.3, -0.25) is 4.98 Å². The molecule has 0 spiro atoms. The van der Waals surface area contributed by atoms with Crippen LogP contribution in [0.5, 0.6) is 0 Å². The number of rotatable bonds is 0. The first-order chi connectivity index (χ1) is 6.29. The maximum Gasteiger partial charge on any atom is 0.149 e. The second kappa shape index (κ2) is 3.89. The molecule has 0 amide bonds. The van der Waals surface area contributed by atoms with Crippen molar-refractivity contribution in [1.82, 2.24) is 14.6 Å². The third kappa shape index (κ3) is 1.61. The maximum atomic E-state index is 5.59. The fourth-order valence-electron chi connectivity index (χ4n) is 1.03. The number of nitrogen functional groups attached to an aromatic ring is 1. The van der Waals surface area contributed by atoms with Crippen molar-refractivity contribution in [3.63, 3.8) is 0 Å². The van der Waals surface area contributed by atoms with Crippen LogP contribution in [-0.2, 0) is 0 Å². The third-order valence-corrected chi connectivity index (χ3v) is 1.72. The minimum Gasteiger partial charge on any atom is -0.382 e. The van der Waals surface area contributed by atoms with Crippen molar-refractivity contribution in [3.8, 4) is 0 Å². The van der Waals surface area contributed by atoms with E-state index in [1.165, 1.54) is 0 Å². The molecule has 0 aromatic carbocycles. The highest BCUT2D eigenvalue weighted by molar-refractivity contribution is 5.61. The molecular weight excluding hydrogens is 164 g/mol. The summed E-state index contributed by atoms with van der Waals surface area (Å²) in [6.45, 7) is 5.93. The molecule has 70 valence electrons. The quantitative estimate of drug-likeness (QED) is 0.667. The molecule has 4 nitrogen and oxygen atoms in total. The van der Waals surface area contributed by atoms with E-state index in [-0.39, 0.29) is 0 Å². The van der Waals surface area contributed by atoms with E-state index in [9.17, 15) is 0 Å². The lowest BCUT2D eigenvalue weighted by atomic mass is 10.3. The van der Waals surface area contributed by atoms with Crippen LogP contribution in [-0.4, -0.2) is 14.6 Å². The Bertz CT molecular complexity index is 391. The third-order valence-electron chi connectivity index (χ3n) is 1.72. The highest BCUT2D eigenvalue weighted by Gasteiger charge is 2.02. The lowest BCUT2D eigenvalue weighted by molar-refractivity contribution is 0.952. The molecular formula is C9H14N4. The Morgan fingerprint density at radius 2 is 2.08 bits per heavy atom. The van der Waals surface area contributed by atoms with Crippen molar-refractivity contribution >= 4 is 11.3 Å². The van der Waals surface area contributed by atoms with Gasteiger partial charge in [0.25, 0.3) is 0 Å². The van der Waals surface area contributed by atoms with Crippen molar-refractivity contribution in [3.05, 3.63) is 24.2 Å². The monoisotopic (exact) mass is 178 g/mol. The van der Waals surface area contributed by atoms with E-state index < -0.39 is 0 Å². The molecule has 2 N–H and O–H groups in total. The lowest BCUT2D eigenvalue weighted by Gasteiger charge is -1.88. The first-order valence-electron chi connectivity index (χ1n) is 4.33. The van der Waals surface area contributed by atoms with Gasteiger partial charge in [-0.2, -0.15) is 5.10 Å². The molecule has 0 atom stereocenters. The van der Waals surface area contributed by atoms with Crippen LogP contribution in [0.25, 0.3) is 5.52 Å². The van der Waals surface area contributed by atoms with Gasteiger partial charge in [0.1, 0.15) is 5.82 Å². The van der Waals surface area contributed by atoms with E-state index in [1.54, 1.807) is 23.1 Å². The fourth-order valence-corrected chi connectivity index (χ4v) is 1.03. The number of hydrogen-bond acceptors (Lipinski definition) is 3. The average molecular weight is 178 g/mol. The maximum absolute atomic E-state index is 5.59. The van der Waals surface area contributed by atoms with E-state index in [4.69, 9.17) is 5.73 Å². The molecule has 0 radical (unpaired) electrons. The molecule has 2 aromatic heterocycles. The van der Waals surface area contributed by atoms with Gasteiger partial charge in [-0.05, 0) is 6.92 Å². The van der Waals surface area contributed by atoms with Crippen molar-refractivity contribution in [2.75, 3.05) is 5.73 Å². The van der Waals surface area contributed by atoms with Crippen LogP contribution in [0.4, 0.5) is 5.82 Å². The molecule has 0 aliphatic rings. The van der Waals surface area contributed by atoms with E-state index in [1.807, 2.05) is 20.8 Å². The normalized spacial score (nSPS) is 9.46. The summed E-state index contributed by atoms with van der Waals surface area (Å²) in [5.41, 5.74) is 7.54. The van der Waals surface area contributed by atoms with Gasteiger partial charge in [-0.15, -0.1) is 0 Å². The first-order valence-corrected chi connectivity index (χ1v) is 4.33. The van der Waals surface area contributed by atoms with Crippen LogP contribution in [0.15, 0.2) is 18.6 Å². The Balaban J connectivity index is 0.000000396. The van der Waals surface area contributed by atoms with E-state index in [2.05, 4.69) is 10.1 Å². The van der Waals surface area contributed by atoms with Gasteiger partial charge >= 0.3 is 0 Å². The van der Waals surface area contributed by atoms with Crippen LogP contribution in [0.2, 0.25) is 0 Å². The predicted molar refractivity (Wildman–Crippen MR) is 53.5 cm³/mol. The van der Waals surface area contributed by atoms with Gasteiger partial charge in [-0.25, -0.2) is 4.52 Å². The Morgan fingerprint density at radius 1 is 1.38 bits per heavy atom. The number of aryl methyl sites for hydroxylation is 1. The molecule has 2 heterocycles. The SMILES string of the molecule is CC.Cc1c(N)nn2ccncc12. The summed E-state index contributed by atoms with van der Waals surface area (Å²) < 4.78 is 1.72. The number of aromatic nitrogens is 3. The van der Waals surface area contributed by atoms with Crippen LogP contribution in [0, 0.1) is 6.92 Å². The summed E-state index contributed by atoms with van der Waals surface area (Å²) in [5, 5.41) is 4.07. The van der Waals surface area contributed by atoms with Crippen LogP contribution >= 0.6 is 0 Å². The van der Waals surface area contributed by atoms with Crippen LogP contribution in [0.3, 0.4) is 0 Å². The number of nitrogens with two attached hydrogens (primary N) is 1. The van der Waals surface area contributed by atoms with E-state index in [0.717, 1.165) is 11.1 Å². The minimum atomic E-state index is 0.568. The average Bonchev–Trinajstić information content (AvgIpc) is 2.47. The Labute approximate surface area is 77.4 Å². The van der Waals surface area contributed by atoms with Gasteiger partial charge in [0, 0.05) is 18.0 Å². The highest BCUT2D eigenvalue weighted by atomic mass is 15.2. The number of nitrogens with zero attached hydrogens (tertiary/aromatic N) is 3. The Hall–Kier alpha value is -1.58. The number of anilines is 1. The van der Waals surface area contributed by atoms with Gasteiger partial charge in [0.2, 0.25) is 0 Å². The number of fused-ring (bicyclic) bond motifs is 1. The standard InChI is InChI=1S/C7H8N4.C2H6/c1-5-6-4-9-2-3-11(6)10-7(5)8;1-2/h2-4H,1H3,(H2,8,10);1-2H3. The molecule has 2 aromatic rings. The summed E-state index contributed by atoms with van der Waals surface area (Å²) in [6.07, 6.45) is 5.20. The molecule has 0 saturated carbocycles. The summed E-state index contributed by atoms with van der Waals surface area (Å²) in [4.78, 5) is 3.97. The highest BCUT2D eigenvalue weighted by Crippen LogP contribution is 2.13. The smallest absolute Gasteiger partial charge is 0.149 e. The van der Waals surface area contributed by atoms with Crippen molar-refractivity contribution in [1.29, 1.82) is 0 Å². The van der Waals surface area contributed by atoms with E-state index in [0.29, 0.717) is 5.82 Å². The summed E-state index contributed by atoms with van der Waals surface area (Å²) in [7, 11) is 0. The lowest BCUT2D eigenvalue weighted by Crippen LogP contribution is -1.88. The number of hydrogen-bond donors (Lipinski definition) is 1. The molecule has 4 heteroatoms. The van der Waals surface area contributed by atoms with Crippen LogP contribution in [0.1, 0.15) is 19.4 Å². The first kappa shape index (κ1) is 9.51. The molecule has 0 fully saturated rings. The van der Waals surface area contributed by atoms with Gasteiger partial charge in [0.15, 0.2) is 0 Å². The zero-order chi connectivity index (χ0) is 9.84. The molecule has 0 aliphatic carbocycles. The predicted octanol–water partition coefficient (Wildman–Crippen LogP) is 1.65. The largest absolute Gasteiger partial charge is 0.382 e. The second-order valence-corrected chi connectivity index (χ2v) is 2.42. The summed E-state index contributed by atoms with van der Waals surface area (Å²) in [5.74, 6) is 0.568. The Morgan fingerprint density at radius 3 is 2.69 bits per heavy atom. The van der Waals surface area contributed by atoms with E-state index >= 15 is 0 Å². The second-order valence-electron chi connectivity index (χ2n) is 2.42. The molecule has 0 bridgehead atoms. The fraction of sp³-hybridized carbons (Fsp3) is 0.333. The Kier molecular flexibility index (Phi) is 2.84. The zero-order valence-electron chi connectivity index (χ0n) is 8.15. The molecule has 0 unspecified atom stereocenters. The van der Waals surface area contributed by atoms with Gasteiger partial charge in [0.05, 0.1) is 11.7 Å². The van der Waals surface area contributed by atoms with Crippen molar-refractivity contribution in [2.45, 2.75) is 20.8 Å². The van der Waals surface area contributed by atoms with Crippen molar-refractivity contribution in [2.24, 2.45) is 0 Å². The summed E-state index contributed by atoms with van der Waals surface area (Å²) >= 11 is 0. The molecule has 2 rings (SSSR count). The molecule has 0 aliphatic heterocycles. The summed E-state index contributed by atoms with van der Waals surface area (Å²) in [6, 6.07) is 0. The van der Waals surface area contributed by atoms with Crippen LogP contribution < -0.4 is 5.73 Å². The molecule has 0 saturated heterocycles. The molecule has 13 heavy (non-hydrogen) atoms. The van der Waals surface area contributed by atoms with Crippen molar-refractivity contribution < 1.29 is 0 Å². The zero-order valence-corrected chi connectivity index (χ0v) is 8.15.